The Kier molecular flexibility index (Phi) is 8.74. The quantitative estimate of drug-likeness (QED) is 0.230. The van der Waals surface area contributed by atoms with Crippen molar-refractivity contribution >= 4 is 177 Å². The van der Waals surface area contributed by atoms with Crippen molar-refractivity contribution in [1.82, 2.24) is 24.1 Å². The molecule has 0 unspecified atom stereocenters. The van der Waals surface area contributed by atoms with Gasteiger partial charge in [0.2, 0.25) is 5.95 Å². The van der Waals surface area contributed by atoms with Crippen molar-refractivity contribution in [3.05, 3.63) is 114 Å². The number of aromatic nitrogens is 5. The van der Waals surface area contributed by atoms with Crippen molar-refractivity contribution < 1.29 is 0 Å². The highest BCUT2D eigenvalue weighted by Gasteiger charge is 2.36. The van der Waals surface area contributed by atoms with E-state index in [1.165, 1.54) is 11.1 Å². The molecule has 63 heavy (non-hydrogen) atoms. The van der Waals surface area contributed by atoms with Crippen LogP contribution in [0.3, 0.4) is 0 Å². The molecule has 0 spiro atoms. The summed E-state index contributed by atoms with van der Waals surface area (Å²) in [5, 5.41) is 3.61. The van der Waals surface area contributed by atoms with Crippen molar-refractivity contribution in [3.8, 4) is 45.5 Å². The van der Waals surface area contributed by atoms with Crippen LogP contribution in [0.5, 0.6) is 0 Å². The lowest BCUT2D eigenvalue weighted by molar-refractivity contribution is 0.660. The van der Waals surface area contributed by atoms with E-state index in [1.807, 2.05) is 57.7 Å². The van der Waals surface area contributed by atoms with Gasteiger partial charge in [0.1, 0.15) is 78.5 Å². The Morgan fingerprint density at radius 2 is 0.889 bits per heavy atom. The molecule has 11 rings (SSSR count). The molecule has 0 saturated carbocycles. The van der Waals surface area contributed by atoms with Crippen LogP contribution in [0.2, 0.25) is 0 Å². The predicted octanol–water partition coefficient (Wildman–Crippen LogP) is -0.356. The van der Waals surface area contributed by atoms with E-state index in [9.17, 15) is 0 Å². The topological polar surface area (TPSA) is 48.5 Å². The third-order valence-electron chi connectivity index (χ3n) is 13.0. The summed E-state index contributed by atoms with van der Waals surface area (Å²) in [5.74, 6) is 0.736. The fraction of sp³-hybridized carbons (Fsp3) is 0.0625. The van der Waals surface area contributed by atoms with E-state index in [2.05, 4.69) is 68.4 Å². The van der Waals surface area contributed by atoms with Gasteiger partial charge >= 0.3 is 0 Å². The number of nitrogens with zero attached hydrogens (tertiary/aromatic N) is 5. The van der Waals surface area contributed by atoms with Crippen molar-refractivity contribution in [2.75, 3.05) is 0 Å². The fourth-order valence-corrected chi connectivity index (χ4v) is 9.66. The summed E-state index contributed by atoms with van der Waals surface area (Å²) in [7, 11) is 65.8. The van der Waals surface area contributed by atoms with E-state index in [4.69, 9.17) is 93.4 Å². The molecule has 0 amide bonds. The maximum atomic E-state index is 6.86. The van der Waals surface area contributed by atoms with Gasteiger partial charge in [-0.15, -0.1) is 32.8 Å². The Morgan fingerprint density at radius 3 is 1.51 bits per heavy atom. The van der Waals surface area contributed by atoms with Gasteiger partial charge in [-0.05, 0) is 40.5 Å². The zero-order valence-corrected chi connectivity index (χ0v) is 34.3. The smallest absolute Gasteiger partial charge is 0.238 e. The van der Waals surface area contributed by atoms with Crippen molar-refractivity contribution in [2.24, 2.45) is 0 Å². The van der Waals surface area contributed by atoms with Gasteiger partial charge in [0.15, 0.2) is 11.6 Å². The molecule has 0 fully saturated rings. The van der Waals surface area contributed by atoms with Gasteiger partial charge < -0.3 is 4.57 Å². The van der Waals surface area contributed by atoms with Crippen molar-refractivity contribution in [1.29, 1.82) is 0 Å². The lowest BCUT2D eigenvalue weighted by atomic mass is 9.60. The first kappa shape index (κ1) is 39.6. The Bertz CT molecular complexity index is 3630. The molecular weight excluding hydrogens is 755 g/mol. The molecule has 20 radical (unpaired) electrons. The highest BCUT2D eigenvalue weighted by molar-refractivity contribution is 6.69. The lowest BCUT2D eigenvalue weighted by Gasteiger charge is -2.23. The summed E-state index contributed by atoms with van der Waals surface area (Å²) in [6, 6.07) is 34.9. The molecule has 1 aliphatic rings. The first-order valence-corrected chi connectivity index (χ1v) is 20.2. The molecule has 7 aromatic carbocycles. The van der Waals surface area contributed by atoms with Crippen molar-refractivity contribution in [3.63, 3.8) is 0 Å². The summed E-state index contributed by atoms with van der Waals surface area (Å²) in [6.45, 7) is 4.44. The van der Waals surface area contributed by atoms with Crippen molar-refractivity contribution in [2.45, 2.75) is 19.3 Å². The average molecular weight is 778 g/mol. The third kappa shape index (κ3) is 5.41. The molecule has 5 nitrogen and oxygen atoms in total. The van der Waals surface area contributed by atoms with Gasteiger partial charge in [-0.3, -0.25) is 4.57 Å². The Morgan fingerprint density at radius 1 is 0.413 bits per heavy atom. The maximum absolute atomic E-state index is 6.86. The van der Waals surface area contributed by atoms with Crippen LogP contribution in [0.15, 0.2) is 103 Å². The number of rotatable bonds is 4. The molecule has 10 aromatic rings. The summed E-state index contributed by atoms with van der Waals surface area (Å²) < 4.78 is 3.98. The maximum Gasteiger partial charge on any atom is 0.238 e. The number of benzene rings is 7. The van der Waals surface area contributed by atoms with Crippen LogP contribution in [-0.2, 0) is 5.41 Å². The van der Waals surface area contributed by atoms with Crippen LogP contribution in [0, 0.1) is 0 Å². The summed E-state index contributed by atoms with van der Waals surface area (Å²) >= 11 is 0. The third-order valence-corrected chi connectivity index (χ3v) is 13.0. The van der Waals surface area contributed by atoms with E-state index < -0.39 is 0 Å². The number of para-hydroxylation sites is 2. The first-order chi connectivity index (χ1) is 30.2. The van der Waals surface area contributed by atoms with Gasteiger partial charge in [-0.1, -0.05) is 121 Å². The van der Waals surface area contributed by atoms with Crippen LogP contribution in [0.1, 0.15) is 25.0 Å². The van der Waals surface area contributed by atoms with Crippen LogP contribution in [0.4, 0.5) is 0 Å². The molecule has 0 aliphatic heterocycles. The molecule has 0 saturated heterocycles. The molecule has 0 N–H and O–H groups in total. The fourth-order valence-electron chi connectivity index (χ4n) is 9.66. The number of fused-ring (bicyclic) bond motifs is 10. The van der Waals surface area contributed by atoms with E-state index in [-0.39, 0.29) is 77.4 Å². The highest BCUT2D eigenvalue weighted by atomic mass is 15.2. The standard InChI is InChI=1S/C48H23B10N5/c1-48(2)27-12-6-3-9-21(27)22-16-15-20(19-28(22)48)45-59-46(31-32(49)34(51)36(53)35(52)33(31)50)61-47(60-45)63-30-14-8-5-11-24(30)26-18-17-25-23-10-4-7-13-29(23)62(42(25)43(26)63)44-40(57)38(55)37(54)39(56)41(44)58/h3-19H,1-2H3. The van der Waals surface area contributed by atoms with Gasteiger partial charge in [-0.25, -0.2) is 4.98 Å². The Labute approximate surface area is 378 Å². The van der Waals surface area contributed by atoms with E-state index in [0.29, 0.717) is 11.5 Å². The molecule has 270 valence electrons. The number of hydrogen-bond donors (Lipinski definition) is 0. The van der Waals surface area contributed by atoms with E-state index >= 15 is 0 Å². The minimum atomic E-state index is -0.306. The predicted molar refractivity (Wildman–Crippen MR) is 271 cm³/mol. The molecule has 0 bridgehead atoms. The van der Waals surface area contributed by atoms with Gasteiger partial charge in [-0.2, -0.15) is 9.97 Å². The second-order valence-corrected chi connectivity index (χ2v) is 16.6. The zero-order valence-electron chi connectivity index (χ0n) is 34.3. The number of hydrogen-bond acceptors (Lipinski definition) is 3. The Hall–Kier alpha value is -6.20. The first-order valence-electron chi connectivity index (χ1n) is 20.2. The lowest BCUT2D eigenvalue weighted by Crippen LogP contribution is -2.56. The molecule has 15 heteroatoms. The summed E-state index contributed by atoms with van der Waals surface area (Å²) in [6.07, 6.45) is 0. The van der Waals surface area contributed by atoms with Crippen LogP contribution < -0.4 is 54.6 Å². The normalized spacial score (nSPS) is 13.0. The van der Waals surface area contributed by atoms with Crippen LogP contribution >= 0.6 is 0 Å². The zero-order chi connectivity index (χ0) is 44.0. The van der Waals surface area contributed by atoms with Crippen LogP contribution in [-0.4, -0.2) is 103 Å². The molecule has 3 aromatic heterocycles. The molecular formula is C48H23B10N5. The molecule has 0 atom stereocenters. The summed E-state index contributed by atoms with van der Waals surface area (Å²) in [4.78, 5) is 15.6. The molecule has 1 aliphatic carbocycles. The Balaban J connectivity index is 1.30. The minimum absolute atomic E-state index is 0.0672. The van der Waals surface area contributed by atoms with Gasteiger partial charge in [0, 0.05) is 43.8 Å². The largest absolute Gasteiger partial charge is 0.308 e. The molecule has 3 heterocycles. The second-order valence-electron chi connectivity index (χ2n) is 16.6. The average Bonchev–Trinajstić information content (AvgIpc) is 3.89. The van der Waals surface area contributed by atoms with E-state index in [1.54, 1.807) is 0 Å². The van der Waals surface area contributed by atoms with Gasteiger partial charge in [0.25, 0.3) is 0 Å². The van der Waals surface area contributed by atoms with Crippen LogP contribution in [0.25, 0.3) is 89.2 Å². The minimum Gasteiger partial charge on any atom is -0.308 e. The highest BCUT2D eigenvalue weighted by Crippen LogP contribution is 2.49. The summed E-state index contributed by atoms with van der Waals surface area (Å²) in [5.41, 5.74) is 9.88. The van der Waals surface area contributed by atoms with Gasteiger partial charge in [0.05, 0.1) is 22.1 Å². The SMILES string of the molecule is [B]c1c([B])c([B])c(-c2nc(-c3ccc4c(c3)C(C)(C)c3ccccc3-4)nc(-n3c4ccccc4c4ccc5c6ccccc6n(-c6c([B])c([B])c([B])c([B])c6[B])c5c43)n2)c([B])c1[B]. The van der Waals surface area contributed by atoms with E-state index in [0.717, 1.165) is 60.3 Å². The second kappa shape index (κ2) is 13.9. The monoisotopic (exact) mass is 779 g/mol.